The third-order valence-electron chi connectivity index (χ3n) is 4.24. The Kier molecular flexibility index (Phi) is 6.66. The van der Waals surface area contributed by atoms with E-state index in [9.17, 15) is 9.90 Å². The average molecular weight is 508 g/mol. The predicted octanol–water partition coefficient (Wildman–Crippen LogP) is 5.19. The van der Waals surface area contributed by atoms with Gasteiger partial charge in [-0.3, -0.25) is 9.69 Å². The Hall–Kier alpha value is -2.00. The highest BCUT2D eigenvalue weighted by Gasteiger charge is 2.30. The minimum absolute atomic E-state index is 0.0984. The molecule has 1 saturated heterocycles. The fraction of sp³-hybridized carbons (Fsp3) is 0.238. The van der Waals surface area contributed by atoms with E-state index in [0.29, 0.717) is 26.0 Å². The van der Waals surface area contributed by atoms with Crippen molar-refractivity contribution >= 4 is 57.2 Å². The van der Waals surface area contributed by atoms with Crippen LogP contribution in [0.3, 0.4) is 0 Å². The van der Waals surface area contributed by atoms with Crippen LogP contribution in [0.25, 0.3) is 6.08 Å². The van der Waals surface area contributed by atoms with E-state index in [1.165, 1.54) is 11.8 Å². The third-order valence-corrected chi connectivity index (χ3v) is 6.12. The molecule has 0 saturated carbocycles. The van der Waals surface area contributed by atoms with Crippen LogP contribution in [0.2, 0.25) is 0 Å². The zero-order valence-corrected chi connectivity index (χ0v) is 18.9. The maximum atomic E-state index is 12.7. The Morgan fingerprint density at radius 2 is 2.04 bits per heavy atom. The maximum Gasteiger partial charge on any atom is 0.266 e. The number of nitrogens with zero attached hydrogens (tertiary/aromatic N) is 2. The van der Waals surface area contributed by atoms with Gasteiger partial charge < -0.3 is 9.84 Å². The molecule has 1 amide bonds. The first-order valence-corrected chi connectivity index (χ1v) is 10.8. The lowest BCUT2D eigenvalue weighted by atomic mass is 10.1. The van der Waals surface area contributed by atoms with Gasteiger partial charge in [0.1, 0.15) is 0 Å². The van der Waals surface area contributed by atoms with E-state index in [1.54, 1.807) is 18.0 Å². The van der Waals surface area contributed by atoms with Crippen LogP contribution in [0, 0.1) is 3.57 Å². The van der Waals surface area contributed by atoms with Crippen molar-refractivity contribution in [2.45, 2.75) is 20.3 Å². The molecule has 1 aliphatic heterocycles. The lowest BCUT2D eigenvalue weighted by Gasteiger charge is -2.09. The van der Waals surface area contributed by atoms with Crippen LogP contribution < -0.4 is 4.74 Å². The summed E-state index contributed by atoms with van der Waals surface area (Å²) in [5.41, 5.74) is 2.82. The molecule has 1 N–H and O–H groups in total. The second-order valence-corrected chi connectivity index (χ2v) is 8.31. The number of aryl methyl sites for hydroxylation is 1. The van der Waals surface area contributed by atoms with Gasteiger partial charge in [0.05, 0.1) is 20.8 Å². The number of thioether (sulfide) groups is 1. The van der Waals surface area contributed by atoms with E-state index in [4.69, 9.17) is 9.73 Å². The molecule has 1 aliphatic rings. The Morgan fingerprint density at radius 1 is 1.29 bits per heavy atom. The number of amides is 1. The number of carbonyl (C=O) groups excluding carboxylic acids is 1. The van der Waals surface area contributed by atoms with Gasteiger partial charge in [-0.2, -0.15) is 0 Å². The smallest absolute Gasteiger partial charge is 0.266 e. The Labute approximate surface area is 182 Å². The second kappa shape index (κ2) is 9.00. The molecule has 1 fully saturated rings. The van der Waals surface area contributed by atoms with E-state index in [0.717, 1.165) is 23.2 Å². The zero-order chi connectivity index (χ0) is 20.3. The Morgan fingerprint density at radius 3 is 2.75 bits per heavy atom. The zero-order valence-electron chi connectivity index (χ0n) is 15.9. The van der Waals surface area contributed by atoms with E-state index in [2.05, 4.69) is 29.5 Å². The highest BCUT2D eigenvalue weighted by molar-refractivity contribution is 14.1. The third kappa shape index (κ3) is 4.35. The molecular formula is C21H21IN2O3S. The number of likely N-dealkylation sites (N-methyl/N-ethyl adjacent to an activating group) is 1. The first kappa shape index (κ1) is 20.7. The number of hydrogen-bond donors (Lipinski definition) is 1. The van der Waals surface area contributed by atoms with Crippen molar-refractivity contribution in [2.75, 3.05) is 13.7 Å². The molecular weight excluding hydrogens is 487 g/mol. The number of phenols is 1. The normalized spacial score (nSPS) is 17.0. The van der Waals surface area contributed by atoms with E-state index in [1.807, 2.05) is 43.3 Å². The monoisotopic (exact) mass is 508 g/mol. The molecule has 0 aliphatic carbocycles. The summed E-state index contributed by atoms with van der Waals surface area (Å²) < 4.78 is 6.16. The number of rotatable bonds is 5. The van der Waals surface area contributed by atoms with Gasteiger partial charge in [0, 0.05) is 7.05 Å². The quantitative estimate of drug-likeness (QED) is 0.446. The fourth-order valence-corrected chi connectivity index (χ4v) is 4.37. The molecule has 2 aromatic rings. The summed E-state index contributed by atoms with van der Waals surface area (Å²) in [6, 6.07) is 11.5. The van der Waals surface area contributed by atoms with Gasteiger partial charge in [-0.25, -0.2) is 4.99 Å². The molecule has 146 valence electrons. The summed E-state index contributed by atoms with van der Waals surface area (Å²) in [5.74, 6) is 0.431. The number of ether oxygens (including phenoxy) is 1. The highest BCUT2D eigenvalue weighted by atomic mass is 127. The molecule has 0 aromatic heterocycles. The van der Waals surface area contributed by atoms with Crippen LogP contribution in [0.4, 0.5) is 5.69 Å². The molecule has 7 heteroatoms. The van der Waals surface area contributed by atoms with Crippen LogP contribution in [0.1, 0.15) is 25.0 Å². The first-order valence-electron chi connectivity index (χ1n) is 8.94. The number of benzene rings is 2. The number of para-hydroxylation sites is 1. The summed E-state index contributed by atoms with van der Waals surface area (Å²) in [4.78, 5) is 19.6. The highest BCUT2D eigenvalue weighted by Crippen LogP contribution is 2.37. The standard InChI is InChI=1S/C21H21IN2O3S/c1-4-14-8-6-7-9-16(14)23-21-24(3)20(26)18(28-21)12-13-10-15(22)19(25)17(11-13)27-5-2/h6-12,25H,4-5H2,1-3H3/b18-12+,23-21?. The van der Waals surface area contributed by atoms with Crippen LogP contribution in [0.15, 0.2) is 46.3 Å². The second-order valence-electron chi connectivity index (χ2n) is 6.13. The number of amidine groups is 1. The fourth-order valence-electron chi connectivity index (χ4n) is 2.77. The molecule has 0 spiro atoms. The number of aromatic hydroxyl groups is 1. The summed E-state index contributed by atoms with van der Waals surface area (Å²) in [7, 11) is 1.73. The summed E-state index contributed by atoms with van der Waals surface area (Å²) >= 11 is 3.40. The predicted molar refractivity (Wildman–Crippen MR) is 123 cm³/mol. The van der Waals surface area contributed by atoms with Gasteiger partial charge in [-0.1, -0.05) is 25.1 Å². The number of phenolic OH excluding ortho intramolecular Hbond substituents is 1. The van der Waals surface area contributed by atoms with E-state index >= 15 is 0 Å². The van der Waals surface area contributed by atoms with E-state index < -0.39 is 0 Å². The Bertz CT molecular complexity index is 972. The molecule has 2 aromatic carbocycles. The van der Waals surface area contributed by atoms with Crippen molar-refractivity contribution in [3.63, 3.8) is 0 Å². The molecule has 0 unspecified atom stereocenters. The van der Waals surface area contributed by atoms with Crippen LogP contribution in [0.5, 0.6) is 11.5 Å². The van der Waals surface area contributed by atoms with Crippen molar-refractivity contribution < 1.29 is 14.6 Å². The van der Waals surface area contributed by atoms with Crippen molar-refractivity contribution in [3.05, 3.63) is 56.0 Å². The number of carbonyl (C=O) groups is 1. The molecule has 0 atom stereocenters. The largest absolute Gasteiger partial charge is 0.504 e. The Balaban J connectivity index is 1.95. The van der Waals surface area contributed by atoms with Gasteiger partial charge in [0.2, 0.25) is 0 Å². The summed E-state index contributed by atoms with van der Waals surface area (Å²) in [5, 5.41) is 10.8. The number of aliphatic imine (C=N–C) groups is 1. The number of halogens is 1. The van der Waals surface area contributed by atoms with Gasteiger partial charge >= 0.3 is 0 Å². The van der Waals surface area contributed by atoms with Crippen molar-refractivity contribution in [3.8, 4) is 11.5 Å². The lowest BCUT2D eigenvalue weighted by Crippen LogP contribution is -2.23. The summed E-state index contributed by atoms with van der Waals surface area (Å²) in [6.45, 7) is 4.40. The maximum absolute atomic E-state index is 12.7. The molecule has 0 bridgehead atoms. The van der Waals surface area contributed by atoms with E-state index in [-0.39, 0.29) is 11.7 Å². The molecule has 1 heterocycles. The molecule has 0 radical (unpaired) electrons. The number of hydrogen-bond acceptors (Lipinski definition) is 5. The SMILES string of the molecule is CCOc1cc(/C=C2/SC(=Nc3ccccc3CC)N(C)C2=O)cc(I)c1O. The topological polar surface area (TPSA) is 62.1 Å². The first-order chi connectivity index (χ1) is 13.4. The van der Waals surface area contributed by atoms with Crippen LogP contribution in [-0.4, -0.2) is 34.7 Å². The van der Waals surface area contributed by atoms with Gasteiger partial charge in [0.25, 0.3) is 5.91 Å². The van der Waals surface area contributed by atoms with Crippen LogP contribution in [-0.2, 0) is 11.2 Å². The van der Waals surface area contributed by atoms with Crippen molar-refractivity contribution in [2.24, 2.45) is 4.99 Å². The van der Waals surface area contributed by atoms with Gasteiger partial charge in [0.15, 0.2) is 16.7 Å². The average Bonchev–Trinajstić information content (AvgIpc) is 2.94. The lowest BCUT2D eigenvalue weighted by molar-refractivity contribution is -0.121. The molecule has 3 rings (SSSR count). The minimum Gasteiger partial charge on any atom is -0.504 e. The van der Waals surface area contributed by atoms with Crippen LogP contribution >= 0.6 is 34.4 Å². The van der Waals surface area contributed by atoms with Crippen molar-refractivity contribution in [1.29, 1.82) is 0 Å². The minimum atomic E-state index is -0.0984. The molecule has 28 heavy (non-hydrogen) atoms. The van der Waals surface area contributed by atoms with Gasteiger partial charge in [-0.15, -0.1) is 0 Å². The molecule has 5 nitrogen and oxygen atoms in total. The summed E-state index contributed by atoms with van der Waals surface area (Å²) in [6.07, 6.45) is 2.69. The van der Waals surface area contributed by atoms with Gasteiger partial charge in [-0.05, 0) is 83.1 Å². The van der Waals surface area contributed by atoms with Crippen molar-refractivity contribution in [1.82, 2.24) is 4.90 Å².